The van der Waals surface area contributed by atoms with E-state index in [-0.39, 0.29) is 5.91 Å². The fraction of sp³-hybridized carbons (Fsp3) is 0.733. The molecule has 5 heteroatoms. The Balaban J connectivity index is 1.73. The molecule has 1 N–H and O–H groups in total. The Bertz CT molecular complexity index is 503. The van der Waals surface area contributed by atoms with Gasteiger partial charge in [0.25, 0.3) is 5.91 Å². The highest BCUT2D eigenvalue weighted by Gasteiger charge is 2.35. The van der Waals surface area contributed by atoms with Crippen LogP contribution in [0.3, 0.4) is 0 Å². The molecule has 0 aromatic carbocycles. The highest BCUT2D eigenvalue weighted by molar-refractivity contribution is 5.93. The quantitative estimate of drug-likeness (QED) is 0.917. The Hall–Kier alpha value is -1.36. The number of aromatic nitrogens is 1. The number of nitrogens with zero attached hydrogens (tertiary/aromatic N) is 2. The number of rotatable bonds is 3. The molecular formula is C15H22N2O3. The van der Waals surface area contributed by atoms with Crippen molar-refractivity contribution < 1.29 is 14.4 Å². The molecule has 0 aliphatic heterocycles. The second-order valence-electron chi connectivity index (χ2n) is 6.23. The van der Waals surface area contributed by atoms with Crippen LogP contribution in [0.1, 0.15) is 60.3 Å². The lowest BCUT2D eigenvalue weighted by atomic mass is 9.96. The molecule has 0 atom stereocenters. The minimum absolute atomic E-state index is 0.128. The van der Waals surface area contributed by atoms with Gasteiger partial charge in [0.1, 0.15) is 5.76 Å². The molecule has 3 rings (SSSR count). The van der Waals surface area contributed by atoms with E-state index in [1.165, 1.54) is 0 Å². The van der Waals surface area contributed by atoms with Crippen molar-refractivity contribution >= 4 is 5.91 Å². The fourth-order valence-corrected chi connectivity index (χ4v) is 3.44. The Labute approximate surface area is 118 Å². The molecule has 1 aromatic heterocycles. The topological polar surface area (TPSA) is 66.6 Å². The zero-order valence-electron chi connectivity index (χ0n) is 12.0. The van der Waals surface area contributed by atoms with Gasteiger partial charge < -0.3 is 14.5 Å². The van der Waals surface area contributed by atoms with E-state index in [4.69, 9.17) is 4.52 Å². The molecule has 0 spiro atoms. The van der Waals surface area contributed by atoms with E-state index >= 15 is 0 Å². The van der Waals surface area contributed by atoms with Crippen molar-refractivity contribution in [2.45, 2.75) is 57.0 Å². The Morgan fingerprint density at radius 1 is 1.30 bits per heavy atom. The van der Waals surface area contributed by atoms with E-state index in [2.05, 4.69) is 5.16 Å². The molecule has 1 amide bonds. The average molecular weight is 278 g/mol. The van der Waals surface area contributed by atoms with Gasteiger partial charge in [-0.25, -0.2) is 0 Å². The summed E-state index contributed by atoms with van der Waals surface area (Å²) in [4.78, 5) is 14.1. The van der Waals surface area contributed by atoms with Crippen LogP contribution in [0.15, 0.2) is 4.52 Å². The van der Waals surface area contributed by atoms with Crippen molar-refractivity contribution in [1.82, 2.24) is 10.1 Å². The average Bonchev–Trinajstić information content (AvgIpc) is 3.04. The lowest BCUT2D eigenvalue weighted by molar-refractivity contribution is 0.0153. The highest BCUT2D eigenvalue weighted by atomic mass is 16.5. The largest absolute Gasteiger partial charge is 0.388 e. The first-order valence-corrected chi connectivity index (χ1v) is 7.54. The standard InChI is InChI=1S/C15H22N2O3/c1-17(10-15(19)8-4-5-9-15)14(18)13-11-6-2-3-7-12(11)20-16-13/h19H,2-10H2,1H3. The zero-order chi connectivity index (χ0) is 14.2. The first-order chi connectivity index (χ1) is 9.59. The number of likely N-dealkylation sites (N-methyl/N-ethyl adjacent to an activating group) is 1. The third-order valence-electron chi connectivity index (χ3n) is 4.57. The van der Waals surface area contributed by atoms with Gasteiger partial charge in [0.05, 0.1) is 5.60 Å². The van der Waals surface area contributed by atoms with Crippen LogP contribution < -0.4 is 0 Å². The van der Waals surface area contributed by atoms with Crippen LogP contribution in [0.4, 0.5) is 0 Å². The van der Waals surface area contributed by atoms with Crippen LogP contribution in [0, 0.1) is 0 Å². The van der Waals surface area contributed by atoms with Gasteiger partial charge >= 0.3 is 0 Å². The highest BCUT2D eigenvalue weighted by Crippen LogP contribution is 2.31. The number of carbonyl (C=O) groups is 1. The summed E-state index contributed by atoms with van der Waals surface area (Å²) in [5.74, 6) is 0.741. The summed E-state index contributed by atoms with van der Waals surface area (Å²) in [5, 5.41) is 14.4. The third kappa shape index (κ3) is 2.46. The maximum Gasteiger partial charge on any atom is 0.276 e. The third-order valence-corrected chi connectivity index (χ3v) is 4.57. The SMILES string of the molecule is CN(CC1(O)CCCC1)C(=O)c1noc2c1CCCC2. The summed E-state index contributed by atoms with van der Waals surface area (Å²) in [5.41, 5.74) is 0.712. The van der Waals surface area contributed by atoms with Crippen LogP contribution in [0.25, 0.3) is 0 Å². The second-order valence-corrected chi connectivity index (χ2v) is 6.23. The molecule has 5 nitrogen and oxygen atoms in total. The number of hydrogen-bond acceptors (Lipinski definition) is 4. The first-order valence-electron chi connectivity index (χ1n) is 7.54. The molecule has 1 fully saturated rings. The van der Waals surface area contributed by atoms with Gasteiger partial charge in [-0.2, -0.15) is 0 Å². The minimum atomic E-state index is -0.714. The molecule has 2 aliphatic carbocycles. The summed E-state index contributed by atoms with van der Waals surface area (Å²) in [6.45, 7) is 0.382. The smallest absolute Gasteiger partial charge is 0.276 e. The molecular weight excluding hydrogens is 256 g/mol. The Kier molecular flexibility index (Phi) is 3.54. The van der Waals surface area contributed by atoms with Gasteiger partial charge in [-0.05, 0) is 32.1 Å². The van der Waals surface area contributed by atoms with Crippen LogP contribution >= 0.6 is 0 Å². The lowest BCUT2D eigenvalue weighted by Crippen LogP contribution is -2.42. The van der Waals surface area contributed by atoms with E-state index < -0.39 is 5.60 Å². The van der Waals surface area contributed by atoms with Gasteiger partial charge in [-0.1, -0.05) is 18.0 Å². The maximum atomic E-state index is 12.5. The predicted molar refractivity (Wildman–Crippen MR) is 73.5 cm³/mol. The number of fused-ring (bicyclic) bond motifs is 1. The fourth-order valence-electron chi connectivity index (χ4n) is 3.44. The monoisotopic (exact) mass is 278 g/mol. The van der Waals surface area contributed by atoms with E-state index in [0.29, 0.717) is 12.2 Å². The maximum absolute atomic E-state index is 12.5. The van der Waals surface area contributed by atoms with Gasteiger partial charge in [0.2, 0.25) is 0 Å². The van der Waals surface area contributed by atoms with Crippen molar-refractivity contribution in [3.8, 4) is 0 Å². The summed E-state index contributed by atoms with van der Waals surface area (Å²) in [6.07, 6.45) is 7.58. The van der Waals surface area contributed by atoms with Crippen LogP contribution in [-0.2, 0) is 12.8 Å². The summed E-state index contributed by atoms with van der Waals surface area (Å²) < 4.78 is 5.29. The van der Waals surface area contributed by atoms with Crippen molar-refractivity contribution in [1.29, 1.82) is 0 Å². The van der Waals surface area contributed by atoms with E-state index in [1.54, 1.807) is 11.9 Å². The number of hydrogen-bond donors (Lipinski definition) is 1. The normalized spacial score (nSPS) is 20.7. The number of amides is 1. The molecule has 1 aromatic rings. The summed E-state index contributed by atoms with van der Waals surface area (Å²) in [6, 6.07) is 0. The van der Waals surface area contributed by atoms with Crippen LogP contribution in [-0.4, -0.2) is 40.3 Å². The van der Waals surface area contributed by atoms with Gasteiger partial charge in [0.15, 0.2) is 5.69 Å². The van der Waals surface area contributed by atoms with Crippen molar-refractivity contribution in [3.05, 3.63) is 17.0 Å². The minimum Gasteiger partial charge on any atom is -0.388 e. The number of carbonyl (C=O) groups excluding carboxylic acids is 1. The molecule has 1 heterocycles. The summed E-state index contributed by atoms with van der Waals surface area (Å²) >= 11 is 0. The van der Waals surface area contributed by atoms with E-state index in [9.17, 15) is 9.90 Å². The molecule has 20 heavy (non-hydrogen) atoms. The predicted octanol–water partition coefficient (Wildman–Crippen LogP) is 1.93. The van der Waals surface area contributed by atoms with Crippen molar-refractivity contribution in [2.75, 3.05) is 13.6 Å². The Morgan fingerprint density at radius 2 is 2.00 bits per heavy atom. The second kappa shape index (κ2) is 5.20. The first kappa shape index (κ1) is 13.6. The molecule has 0 bridgehead atoms. The molecule has 1 saturated carbocycles. The number of aliphatic hydroxyl groups is 1. The van der Waals surface area contributed by atoms with E-state index in [1.807, 2.05) is 0 Å². The van der Waals surface area contributed by atoms with Crippen molar-refractivity contribution in [2.24, 2.45) is 0 Å². The molecule has 110 valence electrons. The molecule has 0 radical (unpaired) electrons. The molecule has 0 saturated heterocycles. The molecule has 0 unspecified atom stereocenters. The van der Waals surface area contributed by atoms with Crippen LogP contribution in [0.5, 0.6) is 0 Å². The van der Waals surface area contributed by atoms with Gasteiger partial charge in [0, 0.05) is 25.6 Å². The van der Waals surface area contributed by atoms with Gasteiger partial charge in [-0.3, -0.25) is 4.79 Å². The molecule has 2 aliphatic rings. The zero-order valence-corrected chi connectivity index (χ0v) is 12.0. The summed E-state index contributed by atoms with van der Waals surface area (Å²) in [7, 11) is 1.74. The van der Waals surface area contributed by atoms with Crippen molar-refractivity contribution in [3.63, 3.8) is 0 Å². The van der Waals surface area contributed by atoms with Crippen LogP contribution in [0.2, 0.25) is 0 Å². The van der Waals surface area contributed by atoms with Gasteiger partial charge in [-0.15, -0.1) is 0 Å². The number of aryl methyl sites for hydroxylation is 1. The van der Waals surface area contributed by atoms with E-state index in [0.717, 1.165) is 62.7 Å². The Morgan fingerprint density at radius 3 is 2.75 bits per heavy atom. The lowest BCUT2D eigenvalue weighted by Gasteiger charge is -2.28.